The summed E-state index contributed by atoms with van der Waals surface area (Å²) in [5.41, 5.74) is -0.182. The van der Waals surface area contributed by atoms with Crippen molar-refractivity contribution in [3.05, 3.63) is 58.5 Å². The lowest BCUT2D eigenvalue weighted by molar-refractivity contribution is -0.139. The molecule has 1 unspecified atom stereocenters. The molecule has 2 aliphatic rings. The predicted octanol–water partition coefficient (Wildman–Crippen LogP) is 5.32. The number of carbonyl (C=O) groups is 1. The number of halogens is 5. The van der Waals surface area contributed by atoms with E-state index in [4.69, 9.17) is 16.3 Å². The maximum absolute atomic E-state index is 13.7. The van der Waals surface area contributed by atoms with E-state index >= 15 is 0 Å². The zero-order chi connectivity index (χ0) is 24.3. The van der Waals surface area contributed by atoms with Gasteiger partial charge in [0.2, 0.25) is 5.91 Å². The summed E-state index contributed by atoms with van der Waals surface area (Å²) in [6.07, 6.45) is -0.905. The Balaban J connectivity index is 1.42. The quantitative estimate of drug-likeness (QED) is 0.505. The number of alkyl halides is 3. The van der Waals surface area contributed by atoms with E-state index in [-0.39, 0.29) is 34.6 Å². The van der Waals surface area contributed by atoms with Gasteiger partial charge >= 0.3 is 6.18 Å². The molecule has 0 radical (unpaired) electrons. The molecule has 0 N–H and O–H groups in total. The summed E-state index contributed by atoms with van der Waals surface area (Å²) in [7, 11) is 0. The van der Waals surface area contributed by atoms with Gasteiger partial charge in [0.25, 0.3) is 0 Å². The second-order valence-corrected chi connectivity index (χ2v) is 9.18. The molecular formula is C24H26ClF4N3O2. The van der Waals surface area contributed by atoms with Gasteiger partial charge in [-0.2, -0.15) is 13.2 Å². The molecule has 2 saturated heterocycles. The maximum Gasteiger partial charge on any atom is 0.417 e. The average molecular weight is 500 g/mol. The Kier molecular flexibility index (Phi) is 7.62. The number of nitrogens with zero attached hydrogens (tertiary/aromatic N) is 3. The van der Waals surface area contributed by atoms with Crippen LogP contribution in [0.5, 0.6) is 0 Å². The van der Waals surface area contributed by atoms with E-state index in [1.807, 2.05) is 4.90 Å². The molecule has 2 aliphatic heterocycles. The van der Waals surface area contributed by atoms with Gasteiger partial charge < -0.3 is 14.5 Å². The van der Waals surface area contributed by atoms with Crippen molar-refractivity contribution in [1.82, 2.24) is 9.88 Å². The summed E-state index contributed by atoms with van der Waals surface area (Å²) in [5, 5.41) is -0.0642. The molecule has 0 spiro atoms. The highest BCUT2D eigenvalue weighted by Crippen LogP contribution is 2.35. The van der Waals surface area contributed by atoms with Crippen LogP contribution >= 0.6 is 11.6 Å². The van der Waals surface area contributed by atoms with E-state index < -0.39 is 11.7 Å². The molecule has 1 amide bonds. The number of hydrogen-bond donors (Lipinski definition) is 0. The number of carbonyl (C=O) groups excluding carboxylic acids is 1. The molecule has 34 heavy (non-hydrogen) atoms. The van der Waals surface area contributed by atoms with Gasteiger partial charge in [-0.05, 0) is 49.4 Å². The number of aromatic nitrogens is 1. The lowest BCUT2D eigenvalue weighted by atomic mass is 9.94. The first-order chi connectivity index (χ1) is 16.2. The number of anilines is 1. The number of benzene rings is 1. The lowest BCUT2D eigenvalue weighted by Gasteiger charge is -2.36. The minimum absolute atomic E-state index is 0.0223. The molecule has 3 heterocycles. The third-order valence-corrected chi connectivity index (χ3v) is 6.59. The van der Waals surface area contributed by atoms with Crippen LogP contribution in [0.25, 0.3) is 0 Å². The van der Waals surface area contributed by atoms with Crippen molar-refractivity contribution < 1.29 is 27.1 Å². The SMILES string of the molecule is O=C(C1CCN(c2ncc(C(F)(F)F)cc2Cl)CC1)N(Cc1cccc(F)c1)CC1CCCO1. The Morgan fingerprint density at radius 3 is 2.59 bits per heavy atom. The Morgan fingerprint density at radius 1 is 1.21 bits per heavy atom. The second-order valence-electron chi connectivity index (χ2n) is 8.77. The minimum atomic E-state index is -4.51. The Hall–Kier alpha value is -2.39. The number of hydrogen-bond acceptors (Lipinski definition) is 4. The van der Waals surface area contributed by atoms with Gasteiger partial charge in [-0.3, -0.25) is 4.79 Å². The van der Waals surface area contributed by atoms with E-state index in [1.54, 1.807) is 17.0 Å². The maximum atomic E-state index is 13.7. The standard InChI is InChI=1S/C24H26ClF4N3O2/c25-21-12-18(24(27,28)29)13-30-22(21)31-8-6-17(7-9-31)23(33)32(15-20-5-2-10-34-20)14-16-3-1-4-19(26)11-16/h1,3-4,11-13,17,20H,2,5-10,14-15H2. The lowest BCUT2D eigenvalue weighted by Crippen LogP contribution is -2.45. The van der Waals surface area contributed by atoms with Gasteiger partial charge in [0.1, 0.15) is 11.6 Å². The third kappa shape index (κ3) is 5.99. The molecule has 1 aromatic heterocycles. The van der Waals surface area contributed by atoms with Gasteiger partial charge in [0, 0.05) is 44.9 Å². The zero-order valence-corrected chi connectivity index (χ0v) is 19.3. The number of ether oxygens (including phenoxy) is 1. The van der Waals surface area contributed by atoms with E-state index in [0.717, 1.165) is 25.1 Å². The molecule has 0 bridgehead atoms. The fourth-order valence-corrected chi connectivity index (χ4v) is 4.82. The first-order valence-electron chi connectivity index (χ1n) is 11.3. The first-order valence-corrected chi connectivity index (χ1v) is 11.7. The van der Waals surface area contributed by atoms with Gasteiger partial charge in [-0.1, -0.05) is 23.7 Å². The smallest absolute Gasteiger partial charge is 0.376 e. The molecule has 5 nitrogen and oxygen atoms in total. The van der Waals surface area contributed by atoms with Crippen molar-refractivity contribution >= 4 is 23.3 Å². The molecule has 184 valence electrons. The highest BCUT2D eigenvalue weighted by atomic mass is 35.5. The van der Waals surface area contributed by atoms with E-state index in [2.05, 4.69) is 4.98 Å². The Morgan fingerprint density at radius 2 is 1.97 bits per heavy atom. The summed E-state index contributed by atoms with van der Waals surface area (Å²) >= 11 is 6.09. The topological polar surface area (TPSA) is 45.7 Å². The molecule has 0 saturated carbocycles. The van der Waals surface area contributed by atoms with Crippen LogP contribution in [0.1, 0.15) is 36.8 Å². The largest absolute Gasteiger partial charge is 0.417 e. The summed E-state index contributed by atoms with van der Waals surface area (Å²) in [6, 6.07) is 7.09. The molecule has 1 aromatic carbocycles. The Labute approximate surface area is 200 Å². The fraction of sp³-hybridized carbons (Fsp3) is 0.500. The Bertz CT molecular complexity index is 1010. The van der Waals surface area contributed by atoms with Crippen molar-refractivity contribution in [3.8, 4) is 0 Å². The van der Waals surface area contributed by atoms with Gasteiger partial charge in [-0.25, -0.2) is 9.37 Å². The summed E-state index contributed by atoms with van der Waals surface area (Å²) in [6.45, 7) is 2.31. The van der Waals surface area contributed by atoms with Crippen molar-refractivity contribution in [2.75, 3.05) is 31.1 Å². The second kappa shape index (κ2) is 10.5. The average Bonchev–Trinajstić information content (AvgIpc) is 3.31. The summed E-state index contributed by atoms with van der Waals surface area (Å²) in [5.74, 6) is -0.335. The van der Waals surface area contributed by atoms with Crippen LogP contribution in [0.2, 0.25) is 5.02 Å². The van der Waals surface area contributed by atoms with E-state index in [9.17, 15) is 22.4 Å². The molecule has 0 aliphatic carbocycles. The van der Waals surface area contributed by atoms with Crippen LogP contribution in [0.3, 0.4) is 0 Å². The van der Waals surface area contributed by atoms with Gasteiger partial charge in [-0.15, -0.1) is 0 Å². The number of piperidine rings is 1. The molecule has 4 rings (SSSR count). The number of rotatable bonds is 6. The summed E-state index contributed by atoms with van der Waals surface area (Å²) < 4.78 is 58.1. The van der Waals surface area contributed by atoms with Crippen LogP contribution in [0.4, 0.5) is 23.4 Å². The van der Waals surface area contributed by atoms with Gasteiger partial charge in [0.05, 0.1) is 16.7 Å². The van der Waals surface area contributed by atoms with E-state index in [0.29, 0.717) is 51.2 Å². The van der Waals surface area contributed by atoms with Crippen LogP contribution in [0.15, 0.2) is 36.5 Å². The molecular weight excluding hydrogens is 474 g/mol. The summed E-state index contributed by atoms with van der Waals surface area (Å²) in [4.78, 5) is 20.9. The highest BCUT2D eigenvalue weighted by Gasteiger charge is 2.34. The van der Waals surface area contributed by atoms with Crippen molar-refractivity contribution in [2.45, 2.75) is 44.5 Å². The predicted molar refractivity (Wildman–Crippen MR) is 120 cm³/mol. The van der Waals surface area contributed by atoms with Crippen LogP contribution in [-0.4, -0.2) is 48.1 Å². The van der Waals surface area contributed by atoms with E-state index in [1.165, 1.54) is 12.1 Å². The molecule has 2 fully saturated rings. The van der Waals surface area contributed by atoms with Crippen LogP contribution in [0, 0.1) is 11.7 Å². The normalized spacial score (nSPS) is 19.4. The van der Waals surface area contributed by atoms with Crippen molar-refractivity contribution in [3.63, 3.8) is 0 Å². The van der Waals surface area contributed by atoms with Crippen molar-refractivity contribution in [2.24, 2.45) is 5.92 Å². The molecule has 10 heteroatoms. The van der Waals surface area contributed by atoms with Crippen molar-refractivity contribution in [1.29, 1.82) is 0 Å². The first kappa shape index (κ1) is 24.7. The minimum Gasteiger partial charge on any atom is -0.376 e. The highest BCUT2D eigenvalue weighted by molar-refractivity contribution is 6.33. The monoisotopic (exact) mass is 499 g/mol. The van der Waals surface area contributed by atoms with Crippen LogP contribution < -0.4 is 4.90 Å². The third-order valence-electron chi connectivity index (χ3n) is 6.31. The van der Waals surface area contributed by atoms with Gasteiger partial charge in [0.15, 0.2) is 0 Å². The fourth-order valence-electron chi connectivity index (χ4n) is 4.54. The molecule has 2 aromatic rings. The number of pyridine rings is 1. The number of amides is 1. The van der Waals surface area contributed by atoms with Crippen LogP contribution in [-0.2, 0) is 22.3 Å². The molecule has 1 atom stereocenters. The zero-order valence-electron chi connectivity index (χ0n) is 18.5.